The zero-order valence-electron chi connectivity index (χ0n) is 14.7. The summed E-state index contributed by atoms with van der Waals surface area (Å²) in [6, 6.07) is 6.73. The molecule has 1 atom stereocenters. The first-order valence-electron chi connectivity index (χ1n) is 8.07. The number of rotatable bonds is 1. The highest BCUT2D eigenvalue weighted by Gasteiger charge is 2.32. The average Bonchev–Trinajstić information content (AvgIpc) is 2.45. The monoisotopic (exact) mass is 334 g/mol. The number of hydrogen-bond donors (Lipinski definition) is 2. The van der Waals surface area contributed by atoms with Crippen LogP contribution in [0.15, 0.2) is 24.3 Å². The number of carbonyl (C=O) groups excluding carboxylic acids is 2. The van der Waals surface area contributed by atoms with Crippen molar-refractivity contribution in [1.82, 2.24) is 9.80 Å². The van der Waals surface area contributed by atoms with Gasteiger partial charge in [0.2, 0.25) is 0 Å². The molecule has 1 heterocycles. The minimum absolute atomic E-state index is 0.111. The minimum atomic E-state index is -0.529. The average molecular weight is 334 g/mol. The first kappa shape index (κ1) is 17.9. The first-order valence-corrected chi connectivity index (χ1v) is 8.07. The number of anilines is 2. The molecule has 3 N–H and O–H groups in total. The van der Waals surface area contributed by atoms with Gasteiger partial charge in [0.1, 0.15) is 5.60 Å². The maximum atomic E-state index is 12.4. The third-order valence-corrected chi connectivity index (χ3v) is 3.68. The summed E-state index contributed by atoms with van der Waals surface area (Å²) >= 11 is 0. The molecule has 0 aromatic heterocycles. The maximum Gasteiger partial charge on any atom is 0.410 e. The van der Waals surface area contributed by atoms with Crippen molar-refractivity contribution in [3.63, 3.8) is 0 Å². The van der Waals surface area contributed by atoms with Gasteiger partial charge in [-0.25, -0.2) is 9.59 Å². The van der Waals surface area contributed by atoms with Gasteiger partial charge in [-0.1, -0.05) is 6.07 Å². The van der Waals surface area contributed by atoms with E-state index in [0.29, 0.717) is 31.0 Å². The van der Waals surface area contributed by atoms with Crippen LogP contribution in [0, 0.1) is 0 Å². The lowest BCUT2D eigenvalue weighted by Crippen LogP contribution is -2.57. The highest BCUT2D eigenvalue weighted by Crippen LogP contribution is 2.17. The van der Waals surface area contributed by atoms with Crippen LogP contribution in [0.4, 0.5) is 21.0 Å². The van der Waals surface area contributed by atoms with Crippen molar-refractivity contribution in [3.8, 4) is 0 Å². The second kappa shape index (κ2) is 6.98. The second-order valence-corrected chi connectivity index (χ2v) is 7.02. The SMILES string of the molecule is C[C@@H]1CN(C(=O)Nc2cccc(N)c2)CCN1C(=O)OC(C)(C)C. The van der Waals surface area contributed by atoms with Crippen molar-refractivity contribution < 1.29 is 14.3 Å². The quantitative estimate of drug-likeness (QED) is 0.773. The number of nitrogens with zero attached hydrogens (tertiary/aromatic N) is 2. The van der Waals surface area contributed by atoms with Crippen LogP contribution in [-0.2, 0) is 4.74 Å². The summed E-state index contributed by atoms with van der Waals surface area (Å²) in [5.41, 5.74) is 6.43. The molecule has 1 aromatic carbocycles. The Morgan fingerprint density at radius 3 is 2.58 bits per heavy atom. The minimum Gasteiger partial charge on any atom is -0.444 e. The van der Waals surface area contributed by atoms with E-state index in [0.717, 1.165) is 0 Å². The van der Waals surface area contributed by atoms with E-state index in [4.69, 9.17) is 10.5 Å². The summed E-state index contributed by atoms with van der Waals surface area (Å²) < 4.78 is 5.41. The molecule has 0 unspecified atom stereocenters. The lowest BCUT2D eigenvalue weighted by molar-refractivity contribution is 0.00589. The van der Waals surface area contributed by atoms with Crippen molar-refractivity contribution in [2.45, 2.75) is 39.3 Å². The summed E-state index contributed by atoms with van der Waals surface area (Å²) in [6.07, 6.45) is -0.342. The molecular weight excluding hydrogens is 308 g/mol. The van der Waals surface area contributed by atoms with Crippen LogP contribution in [0.2, 0.25) is 0 Å². The fourth-order valence-electron chi connectivity index (χ4n) is 2.55. The molecule has 7 nitrogen and oxygen atoms in total. The number of urea groups is 1. The van der Waals surface area contributed by atoms with E-state index in [2.05, 4.69) is 5.32 Å². The fraction of sp³-hybridized carbons (Fsp3) is 0.529. The van der Waals surface area contributed by atoms with Gasteiger partial charge >= 0.3 is 12.1 Å². The third-order valence-electron chi connectivity index (χ3n) is 3.68. The highest BCUT2D eigenvalue weighted by molar-refractivity contribution is 5.90. The number of nitrogens with one attached hydrogen (secondary N) is 1. The van der Waals surface area contributed by atoms with Crippen molar-refractivity contribution in [3.05, 3.63) is 24.3 Å². The molecule has 3 amide bonds. The van der Waals surface area contributed by atoms with Crippen molar-refractivity contribution >= 4 is 23.5 Å². The number of hydrogen-bond acceptors (Lipinski definition) is 4. The maximum absolute atomic E-state index is 12.4. The molecule has 1 saturated heterocycles. The molecule has 0 radical (unpaired) electrons. The summed E-state index contributed by atoms with van der Waals surface area (Å²) in [5, 5.41) is 2.83. The van der Waals surface area contributed by atoms with Crippen LogP contribution in [-0.4, -0.2) is 53.2 Å². The Kier molecular flexibility index (Phi) is 5.21. The molecule has 1 aromatic rings. The molecule has 132 valence electrons. The number of piperazine rings is 1. The van der Waals surface area contributed by atoms with E-state index in [9.17, 15) is 9.59 Å². The molecular formula is C17H26N4O3. The third kappa shape index (κ3) is 4.78. The molecule has 0 saturated carbocycles. The summed E-state index contributed by atoms with van der Waals surface area (Å²) in [6.45, 7) is 8.77. The Bertz CT molecular complexity index is 612. The van der Waals surface area contributed by atoms with E-state index in [-0.39, 0.29) is 18.2 Å². The van der Waals surface area contributed by atoms with Crippen LogP contribution < -0.4 is 11.1 Å². The van der Waals surface area contributed by atoms with Crippen LogP contribution in [0.1, 0.15) is 27.7 Å². The van der Waals surface area contributed by atoms with Crippen LogP contribution in [0.5, 0.6) is 0 Å². The van der Waals surface area contributed by atoms with E-state index >= 15 is 0 Å². The topological polar surface area (TPSA) is 87.9 Å². The second-order valence-electron chi connectivity index (χ2n) is 7.02. The molecule has 1 aliphatic heterocycles. The number of carbonyl (C=O) groups is 2. The number of nitrogen functional groups attached to an aromatic ring is 1. The van der Waals surface area contributed by atoms with E-state index in [1.165, 1.54) is 0 Å². The Morgan fingerprint density at radius 2 is 2.00 bits per heavy atom. The Balaban J connectivity index is 1.92. The first-order chi connectivity index (χ1) is 11.2. The Hall–Kier alpha value is -2.44. The van der Waals surface area contributed by atoms with Gasteiger partial charge in [0.05, 0.1) is 0 Å². The Labute approximate surface area is 142 Å². The molecule has 0 aliphatic carbocycles. The summed E-state index contributed by atoms with van der Waals surface area (Å²) in [5.74, 6) is 0. The molecule has 1 fully saturated rings. The number of nitrogens with two attached hydrogens (primary N) is 1. The van der Waals surface area contributed by atoms with Crippen molar-refractivity contribution in [2.75, 3.05) is 30.7 Å². The molecule has 7 heteroatoms. The predicted octanol–water partition coefficient (Wildman–Crippen LogP) is 2.74. The van der Waals surface area contributed by atoms with E-state index in [1.54, 1.807) is 34.1 Å². The number of benzene rings is 1. The van der Waals surface area contributed by atoms with Crippen LogP contribution in [0.25, 0.3) is 0 Å². The van der Waals surface area contributed by atoms with E-state index < -0.39 is 5.60 Å². The fourth-order valence-corrected chi connectivity index (χ4v) is 2.55. The standard InChI is InChI=1S/C17H26N4O3/c1-12-11-20(8-9-21(12)16(23)24-17(2,3)4)15(22)19-14-7-5-6-13(18)10-14/h5-7,10,12H,8-9,11,18H2,1-4H3,(H,19,22)/t12-/m1/s1. The molecule has 24 heavy (non-hydrogen) atoms. The predicted molar refractivity (Wildman–Crippen MR) is 93.8 cm³/mol. The van der Waals surface area contributed by atoms with Crippen molar-refractivity contribution in [2.24, 2.45) is 0 Å². The lowest BCUT2D eigenvalue weighted by atomic mass is 10.2. The summed E-state index contributed by atoms with van der Waals surface area (Å²) in [4.78, 5) is 27.9. The van der Waals surface area contributed by atoms with Gasteiger partial charge < -0.3 is 25.6 Å². The zero-order chi connectivity index (χ0) is 17.9. The van der Waals surface area contributed by atoms with Gasteiger partial charge in [-0.05, 0) is 45.9 Å². The van der Waals surface area contributed by atoms with Gasteiger partial charge in [-0.2, -0.15) is 0 Å². The van der Waals surface area contributed by atoms with Gasteiger partial charge in [0, 0.05) is 37.1 Å². The van der Waals surface area contributed by atoms with Gasteiger partial charge in [-0.3, -0.25) is 0 Å². The molecule has 0 spiro atoms. The lowest BCUT2D eigenvalue weighted by Gasteiger charge is -2.40. The van der Waals surface area contributed by atoms with E-state index in [1.807, 2.05) is 27.7 Å². The van der Waals surface area contributed by atoms with Gasteiger partial charge in [0.15, 0.2) is 0 Å². The van der Waals surface area contributed by atoms with Gasteiger partial charge in [-0.15, -0.1) is 0 Å². The van der Waals surface area contributed by atoms with Crippen LogP contribution >= 0.6 is 0 Å². The number of amides is 3. The molecule has 0 bridgehead atoms. The molecule has 2 rings (SSSR count). The Morgan fingerprint density at radius 1 is 1.29 bits per heavy atom. The van der Waals surface area contributed by atoms with Crippen LogP contribution in [0.3, 0.4) is 0 Å². The smallest absolute Gasteiger partial charge is 0.410 e. The zero-order valence-corrected chi connectivity index (χ0v) is 14.7. The summed E-state index contributed by atoms with van der Waals surface area (Å²) in [7, 11) is 0. The highest BCUT2D eigenvalue weighted by atomic mass is 16.6. The van der Waals surface area contributed by atoms with Gasteiger partial charge in [0.25, 0.3) is 0 Å². The molecule has 1 aliphatic rings. The largest absolute Gasteiger partial charge is 0.444 e. The van der Waals surface area contributed by atoms with Crippen molar-refractivity contribution in [1.29, 1.82) is 0 Å². The number of ether oxygens (including phenoxy) is 1. The normalized spacial score (nSPS) is 18.2.